The van der Waals surface area contributed by atoms with Crippen molar-refractivity contribution in [2.45, 2.75) is 82.4 Å². The molecule has 1 unspecified atom stereocenters. The molecule has 4 aromatic rings. The van der Waals surface area contributed by atoms with E-state index in [-0.39, 0.29) is 24.3 Å². The van der Waals surface area contributed by atoms with Crippen LogP contribution in [0.1, 0.15) is 51.5 Å². The molecule has 0 bridgehead atoms. The first-order valence-corrected chi connectivity index (χ1v) is 18.9. The van der Waals surface area contributed by atoms with Crippen molar-refractivity contribution in [2.75, 3.05) is 11.9 Å². The standard InChI is InChI=1S/C38H40F3N3O8Si/c1-23-21-44(35(48)43-33(23)46)30-20-37(25-16-18-26(19-17-25)42-34(47)38(39,40)41)32(51-30)31(50-24(2)45)29(52-37)22-49-53(36(3,4)5,27-12-8-6-9-13-27)28-14-10-7-11-15-28/h6-19,21,29-32H,20,22H2,1-5H3,(H,42,47)(H,43,46,48)/t29-,30-,31-,32?,37+/m1/s1. The first kappa shape index (κ1) is 37.9. The van der Waals surface area contributed by atoms with Gasteiger partial charge < -0.3 is 24.0 Å². The molecule has 2 aliphatic rings. The van der Waals surface area contributed by atoms with Crippen molar-refractivity contribution in [3.05, 3.63) is 123 Å². The van der Waals surface area contributed by atoms with Crippen LogP contribution in [0.2, 0.25) is 5.04 Å². The monoisotopic (exact) mass is 751 g/mol. The molecule has 1 amide bonds. The molecule has 0 spiro atoms. The number of amides is 1. The number of fused-ring (bicyclic) bond motifs is 1. The van der Waals surface area contributed by atoms with Gasteiger partial charge in [-0.2, -0.15) is 13.2 Å². The molecular formula is C38H40F3N3O8Si. The number of aromatic amines is 1. The lowest BCUT2D eigenvalue weighted by Gasteiger charge is -2.43. The Morgan fingerprint density at radius 2 is 1.55 bits per heavy atom. The van der Waals surface area contributed by atoms with Crippen LogP contribution in [0.25, 0.3) is 0 Å². The number of anilines is 1. The Morgan fingerprint density at radius 3 is 2.08 bits per heavy atom. The van der Waals surface area contributed by atoms with Crippen LogP contribution < -0.4 is 26.9 Å². The average molecular weight is 752 g/mol. The van der Waals surface area contributed by atoms with Gasteiger partial charge in [-0.05, 0) is 40.0 Å². The second-order valence-corrected chi connectivity index (χ2v) is 18.6. The second-order valence-electron chi connectivity index (χ2n) is 14.3. The maximum absolute atomic E-state index is 13.0. The van der Waals surface area contributed by atoms with Gasteiger partial charge in [-0.3, -0.25) is 23.9 Å². The van der Waals surface area contributed by atoms with Gasteiger partial charge in [0, 0.05) is 30.8 Å². The molecule has 15 heteroatoms. The summed E-state index contributed by atoms with van der Waals surface area (Å²) in [5.74, 6) is -2.76. The first-order chi connectivity index (χ1) is 25.0. The summed E-state index contributed by atoms with van der Waals surface area (Å²) in [4.78, 5) is 51.9. The number of rotatable bonds is 9. The topological polar surface area (TPSA) is 138 Å². The zero-order valence-electron chi connectivity index (χ0n) is 29.7. The number of hydrogen-bond acceptors (Lipinski definition) is 8. The van der Waals surface area contributed by atoms with Gasteiger partial charge in [0.25, 0.3) is 13.9 Å². The molecule has 1 aromatic heterocycles. The minimum absolute atomic E-state index is 0.0230. The highest BCUT2D eigenvalue weighted by atomic mass is 28.4. The zero-order chi connectivity index (χ0) is 38.3. The number of H-pyrrole nitrogens is 1. The van der Waals surface area contributed by atoms with E-state index < -0.39 is 72.8 Å². The molecule has 2 N–H and O–H groups in total. The Hall–Kier alpha value is -4.83. The Balaban J connectivity index is 1.43. The number of halogens is 3. The molecule has 6 rings (SSSR count). The smallest absolute Gasteiger partial charge is 0.457 e. The van der Waals surface area contributed by atoms with Crippen LogP contribution in [0.15, 0.2) is 101 Å². The van der Waals surface area contributed by atoms with E-state index in [1.807, 2.05) is 66.0 Å². The van der Waals surface area contributed by atoms with Gasteiger partial charge in [-0.25, -0.2) is 4.79 Å². The lowest BCUT2D eigenvalue weighted by molar-refractivity contribution is -0.167. The fraction of sp³-hybridized carbons (Fsp3) is 0.368. The lowest BCUT2D eigenvalue weighted by Crippen LogP contribution is -2.67. The normalized spacial score (nSPS) is 23.0. The summed E-state index contributed by atoms with van der Waals surface area (Å²) in [6, 6.07) is 25.4. The summed E-state index contributed by atoms with van der Waals surface area (Å²) in [5.41, 5.74) is -2.17. The van der Waals surface area contributed by atoms with Gasteiger partial charge in [0.1, 0.15) is 24.0 Å². The fourth-order valence-corrected chi connectivity index (χ4v) is 12.0. The second kappa shape index (κ2) is 14.2. The summed E-state index contributed by atoms with van der Waals surface area (Å²) in [6.45, 7) is 9.09. The molecule has 280 valence electrons. The lowest BCUT2D eigenvalue weighted by atomic mass is 9.85. The molecular weight excluding hydrogens is 712 g/mol. The van der Waals surface area contributed by atoms with Gasteiger partial charge in [-0.1, -0.05) is 93.6 Å². The van der Waals surface area contributed by atoms with E-state index in [2.05, 4.69) is 25.8 Å². The van der Waals surface area contributed by atoms with Crippen LogP contribution >= 0.6 is 0 Å². The molecule has 0 saturated carbocycles. The highest BCUT2D eigenvalue weighted by molar-refractivity contribution is 6.99. The third kappa shape index (κ3) is 7.13. The van der Waals surface area contributed by atoms with Gasteiger partial charge >= 0.3 is 23.7 Å². The maximum Gasteiger partial charge on any atom is 0.471 e. The predicted octanol–water partition coefficient (Wildman–Crippen LogP) is 4.44. The quantitative estimate of drug-likeness (QED) is 0.189. The van der Waals surface area contributed by atoms with Gasteiger partial charge in [0.2, 0.25) is 0 Å². The number of ether oxygens (including phenoxy) is 3. The summed E-state index contributed by atoms with van der Waals surface area (Å²) in [7, 11) is -3.12. The minimum Gasteiger partial charge on any atom is -0.457 e. The summed E-state index contributed by atoms with van der Waals surface area (Å²) in [6.07, 6.45) is -7.79. The van der Waals surface area contributed by atoms with Crippen molar-refractivity contribution in [1.29, 1.82) is 0 Å². The minimum atomic E-state index is -5.10. The average Bonchev–Trinajstić information content (AvgIpc) is 3.61. The molecule has 0 radical (unpaired) electrons. The van der Waals surface area contributed by atoms with Crippen molar-refractivity contribution >= 4 is 36.3 Å². The first-order valence-electron chi connectivity index (χ1n) is 17.0. The van der Waals surface area contributed by atoms with E-state index in [1.165, 1.54) is 48.9 Å². The van der Waals surface area contributed by atoms with Crippen molar-refractivity contribution in [3.63, 3.8) is 0 Å². The van der Waals surface area contributed by atoms with Crippen LogP contribution in [0, 0.1) is 6.92 Å². The van der Waals surface area contributed by atoms with E-state index in [1.54, 1.807) is 0 Å². The molecule has 2 saturated heterocycles. The number of nitrogens with one attached hydrogen (secondary N) is 2. The van der Waals surface area contributed by atoms with E-state index >= 15 is 0 Å². The number of carbonyl (C=O) groups is 2. The summed E-state index contributed by atoms with van der Waals surface area (Å²) in [5, 5.41) is 3.45. The predicted molar refractivity (Wildman–Crippen MR) is 191 cm³/mol. The maximum atomic E-state index is 13.0. The number of esters is 1. The third-order valence-electron chi connectivity index (χ3n) is 9.80. The highest BCUT2D eigenvalue weighted by Gasteiger charge is 2.64. The SMILES string of the molecule is CC(=O)O[C@H]1C2O[C@@H](n3cc(C)c(=O)[nH]c3=O)C[C@@]2(c2ccc(NC(=O)C(F)(F)F)cc2)O[C@@H]1CO[Si](c1ccccc1)(c1ccccc1)C(C)(C)C. The summed E-state index contributed by atoms with van der Waals surface area (Å²) < 4.78 is 66.8. The molecule has 2 fully saturated rings. The molecule has 3 heterocycles. The van der Waals surface area contributed by atoms with E-state index in [0.29, 0.717) is 5.56 Å². The van der Waals surface area contributed by atoms with Crippen molar-refractivity contribution < 1.29 is 41.4 Å². The Morgan fingerprint density at radius 1 is 0.962 bits per heavy atom. The molecule has 3 aromatic carbocycles. The number of hydrogen-bond donors (Lipinski definition) is 2. The third-order valence-corrected chi connectivity index (χ3v) is 14.8. The van der Waals surface area contributed by atoms with Crippen LogP contribution in [0.5, 0.6) is 0 Å². The van der Waals surface area contributed by atoms with Gasteiger partial charge in [0.15, 0.2) is 6.10 Å². The number of aryl methyl sites for hydroxylation is 1. The van der Waals surface area contributed by atoms with Gasteiger partial charge in [-0.15, -0.1) is 0 Å². The molecule has 5 atom stereocenters. The van der Waals surface area contributed by atoms with Crippen molar-refractivity contribution in [3.8, 4) is 0 Å². The highest BCUT2D eigenvalue weighted by Crippen LogP contribution is 2.54. The number of benzene rings is 3. The fourth-order valence-electron chi connectivity index (χ4n) is 7.47. The Kier molecular flexibility index (Phi) is 10.2. The number of aromatic nitrogens is 2. The molecule has 11 nitrogen and oxygen atoms in total. The van der Waals surface area contributed by atoms with Crippen LogP contribution in [-0.4, -0.2) is 60.8 Å². The van der Waals surface area contributed by atoms with Crippen molar-refractivity contribution in [2.24, 2.45) is 0 Å². The zero-order valence-corrected chi connectivity index (χ0v) is 30.7. The Bertz CT molecular complexity index is 2050. The summed E-state index contributed by atoms with van der Waals surface area (Å²) >= 11 is 0. The molecule has 53 heavy (non-hydrogen) atoms. The van der Waals surface area contributed by atoms with E-state index in [0.717, 1.165) is 10.4 Å². The van der Waals surface area contributed by atoms with Crippen LogP contribution in [-0.2, 0) is 33.8 Å². The van der Waals surface area contributed by atoms with Gasteiger partial charge in [0.05, 0.1) is 6.61 Å². The van der Waals surface area contributed by atoms with Crippen molar-refractivity contribution in [1.82, 2.24) is 9.55 Å². The van der Waals surface area contributed by atoms with Crippen LogP contribution in [0.4, 0.5) is 18.9 Å². The van der Waals surface area contributed by atoms with E-state index in [4.69, 9.17) is 18.6 Å². The molecule has 0 aliphatic carbocycles. The Labute approximate surface area is 304 Å². The largest absolute Gasteiger partial charge is 0.471 e. The van der Waals surface area contributed by atoms with E-state index in [9.17, 15) is 32.3 Å². The number of carbonyl (C=O) groups excluding carboxylic acids is 2. The number of nitrogens with zero attached hydrogens (tertiary/aromatic N) is 1. The molecule has 2 aliphatic heterocycles. The number of alkyl halides is 3. The van der Waals surface area contributed by atoms with Crippen LogP contribution in [0.3, 0.4) is 0 Å².